The van der Waals surface area contributed by atoms with Gasteiger partial charge in [-0.05, 0) is 123 Å². The Bertz CT molecular complexity index is 3210. The zero-order chi connectivity index (χ0) is 46.6. The molecule has 0 N–H and O–H groups in total. The molecular weight excluding hydrogens is 948 g/mol. The molecule has 6 heterocycles. The van der Waals surface area contributed by atoms with E-state index in [1.807, 2.05) is 73.2 Å². The van der Waals surface area contributed by atoms with Gasteiger partial charge in [-0.3, -0.25) is 9.59 Å². The van der Waals surface area contributed by atoms with E-state index in [9.17, 15) is 19.2 Å². The normalized spacial score (nSPS) is 11.6. The van der Waals surface area contributed by atoms with Gasteiger partial charge in [0, 0.05) is 55.8 Å². The number of ether oxygens (including phenoxy) is 2. The van der Waals surface area contributed by atoms with Crippen molar-refractivity contribution in [2.75, 3.05) is 13.2 Å². The molecule has 0 aliphatic rings. The summed E-state index contributed by atoms with van der Waals surface area (Å²) in [4.78, 5) is 57.6. The second kappa shape index (κ2) is 18.7. The van der Waals surface area contributed by atoms with E-state index >= 15 is 0 Å². The van der Waals surface area contributed by atoms with E-state index in [0.717, 1.165) is 52.8 Å². The molecule has 14 heteroatoms. The van der Waals surface area contributed by atoms with E-state index in [1.165, 1.54) is 22.7 Å². The summed E-state index contributed by atoms with van der Waals surface area (Å²) in [5.41, 5.74) is 10.7. The zero-order valence-electron chi connectivity index (χ0n) is 36.8. The summed E-state index contributed by atoms with van der Waals surface area (Å²) < 4.78 is 17.2. The molecule has 0 saturated heterocycles. The van der Waals surface area contributed by atoms with Crippen LogP contribution in [0.5, 0.6) is 0 Å². The summed E-state index contributed by atoms with van der Waals surface area (Å²) >= 11 is 18.5. The van der Waals surface area contributed by atoms with Gasteiger partial charge in [-0.15, -0.1) is 46.2 Å². The number of pyridine rings is 2. The van der Waals surface area contributed by atoms with Gasteiger partial charge in [0.15, 0.2) is 0 Å². The molecule has 0 aliphatic carbocycles. The van der Waals surface area contributed by atoms with E-state index in [2.05, 4.69) is 12.1 Å². The number of aryl methyl sites for hydroxylation is 4. The van der Waals surface area contributed by atoms with Gasteiger partial charge in [-0.1, -0.05) is 59.6 Å². The fraction of sp³-hybridized carbons (Fsp3) is 0.192. The van der Waals surface area contributed by atoms with Gasteiger partial charge in [0.1, 0.15) is 0 Å². The third-order valence-corrected chi connectivity index (χ3v) is 16.8. The van der Waals surface area contributed by atoms with Gasteiger partial charge < -0.3 is 18.3 Å². The molecule has 0 spiro atoms. The van der Waals surface area contributed by atoms with E-state index in [0.29, 0.717) is 75.4 Å². The smallest absolute Gasteiger partial charge is 0.341 e. The van der Waals surface area contributed by atoms with Crippen LogP contribution in [-0.2, 0) is 21.0 Å². The SMILES string of the molecule is CCOC(=O)c1c2c(C(=O)c3ccc(Cl)cc3)sc(SCc3ccccc3CSc3sc(C(=O)c4ccc(Cl)cc4)c4c(C(=O)OCC)c5c(C)cc(C)cn5c34)c2n2cc(C)cc(C)c12. The molecular formula is C52H42Cl2N2O6S4. The maximum Gasteiger partial charge on any atom is 0.341 e. The van der Waals surface area contributed by atoms with Gasteiger partial charge in [0.2, 0.25) is 11.6 Å². The summed E-state index contributed by atoms with van der Waals surface area (Å²) in [6, 6.07) is 26.0. The van der Waals surface area contributed by atoms with Crippen LogP contribution in [-0.4, -0.2) is 45.5 Å². The fourth-order valence-electron chi connectivity index (χ4n) is 8.65. The van der Waals surface area contributed by atoms with Crippen LogP contribution in [0, 0.1) is 27.7 Å². The Kier molecular flexibility index (Phi) is 13.0. The van der Waals surface area contributed by atoms with Crippen LogP contribution in [0.15, 0.2) is 106 Å². The number of carbonyl (C=O) groups excluding carboxylic acids is 4. The monoisotopic (exact) mass is 988 g/mol. The van der Waals surface area contributed by atoms with Crippen LogP contribution >= 0.6 is 69.4 Å². The maximum absolute atomic E-state index is 14.5. The number of ketones is 2. The molecule has 0 fully saturated rings. The van der Waals surface area contributed by atoms with Crippen molar-refractivity contribution in [1.82, 2.24) is 8.80 Å². The highest BCUT2D eigenvalue weighted by molar-refractivity contribution is 8.01. The summed E-state index contributed by atoms with van der Waals surface area (Å²) in [5, 5.41) is 2.20. The number of thiophene rings is 2. The number of rotatable bonds is 14. The predicted molar refractivity (Wildman–Crippen MR) is 272 cm³/mol. The number of hydrogen-bond donors (Lipinski definition) is 0. The van der Waals surface area contributed by atoms with Crippen molar-refractivity contribution in [3.8, 4) is 0 Å². The lowest BCUT2D eigenvalue weighted by atomic mass is 10.0. The topological polar surface area (TPSA) is 95.6 Å². The first-order valence-corrected chi connectivity index (χ1v) is 25.6. The summed E-state index contributed by atoms with van der Waals surface area (Å²) in [6.45, 7) is 11.9. The number of nitrogens with zero attached hydrogens (tertiary/aromatic N) is 2. The minimum atomic E-state index is -0.477. The van der Waals surface area contributed by atoms with E-state index in [-0.39, 0.29) is 24.8 Å². The summed E-state index contributed by atoms with van der Waals surface area (Å²) in [6.07, 6.45) is 4.03. The van der Waals surface area contributed by atoms with Crippen LogP contribution in [0.3, 0.4) is 0 Å². The van der Waals surface area contributed by atoms with Crippen LogP contribution < -0.4 is 0 Å². The number of carbonyl (C=O) groups is 4. The number of hydrogen-bond acceptors (Lipinski definition) is 10. The van der Waals surface area contributed by atoms with Gasteiger partial charge in [-0.25, -0.2) is 9.59 Å². The van der Waals surface area contributed by atoms with E-state index in [1.54, 1.807) is 85.9 Å². The maximum atomic E-state index is 14.5. The van der Waals surface area contributed by atoms with Crippen LogP contribution in [0.2, 0.25) is 10.0 Å². The molecule has 9 aromatic rings. The molecule has 3 aromatic carbocycles. The zero-order valence-corrected chi connectivity index (χ0v) is 41.6. The van der Waals surface area contributed by atoms with Crippen molar-refractivity contribution < 1.29 is 28.7 Å². The number of esters is 2. The molecule has 334 valence electrons. The Morgan fingerprint density at radius 3 is 1.30 bits per heavy atom. The number of fused-ring (bicyclic) bond motifs is 6. The molecule has 9 rings (SSSR count). The molecule has 0 amide bonds. The average Bonchev–Trinajstić information content (AvgIpc) is 4.04. The number of halogens is 2. The Labute approximate surface area is 407 Å². The molecule has 0 unspecified atom stereocenters. The number of benzene rings is 3. The molecule has 8 nitrogen and oxygen atoms in total. The summed E-state index contributed by atoms with van der Waals surface area (Å²) in [5.74, 6) is -0.232. The molecule has 6 aromatic heterocycles. The van der Waals surface area contributed by atoms with Crippen molar-refractivity contribution in [2.24, 2.45) is 0 Å². The molecule has 0 bridgehead atoms. The molecule has 0 saturated carbocycles. The minimum absolute atomic E-state index is 0.188. The Balaban J connectivity index is 1.13. The molecule has 0 radical (unpaired) electrons. The van der Waals surface area contributed by atoms with Crippen LogP contribution in [0.4, 0.5) is 0 Å². The Hall–Kier alpha value is -5.34. The highest BCUT2D eigenvalue weighted by Gasteiger charge is 2.33. The molecule has 66 heavy (non-hydrogen) atoms. The van der Waals surface area contributed by atoms with Crippen molar-refractivity contribution in [3.63, 3.8) is 0 Å². The molecule has 0 aliphatic heterocycles. The van der Waals surface area contributed by atoms with Gasteiger partial charge in [0.25, 0.3) is 0 Å². The van der Waals surface area contributed by atoms with Gasteiger partial charge >= 0.3 is 11.9 Å². The number of aromatic nitrogens is 2. The predicted octanol–water partition coefficient (Wildman–Crippen LogP) is 14.6. The van der Waals surface area contributed by atoms with E-state index < -0.39 is 11.9 Å². The van der Waals surface area contributed by atoms with E-state index in [4.69, 9.17) is 32.7 Å². The molecule has 0 atom stereocenters. The van der Waals surface area contributed by atoms with Gasteiger partial charge in [-0.2, -0.15) is 0 Å². The van der Waals surface area contributed by atoms with Gasteiger partial charge in [0.05, 0.1) is 64.6 Å². The van der Waals surface area contributed by atoms with Crippen LogP contribution in [0.25, 0.3) is 32.8 Å². The average molecular weight is 990 g/mol. The number of thioether (sulfide) groups is 2. The third-order valence-electron chi connectivity index (χ3n) is 11.4. The van der Waals surface area contributed by atoms with Crippen molar-refractivity contribution in [3.05, 3.63) is 173 Å². The van der Waals surface area contributed by atoms with Crippen molar-refractivity contribution in [1.29, 1.82) is 0 Å². The highest BCUT2D eigenvalue weighted by atomic mass is 35.5. The highest BCUT2D eigenvalue weighted by Crippen LogP contribution is 2.48. The minimum Gasteiger partial charge on any atom is -0.462 e. The quantitative estimate of drug-likeness (QED) is 0.0604. The lowest BCUT2D eigenvalue weighted by molar-refractivity contribution is 0.0521. The van der Waals surface area contributed by atoms with Crippen LogP contribution in [0.1, 0.15) is 98.4 Å². The second-order valence-corrected chi connectivity index (χ2v) is 21.3. The van der Waals surface area contributed by atoms with Crippen molar-refractivity contribution in [2.45, 2.75) is 61.5 Å². The Morgan fingerprint density at radius 1 is 0.561 bits per heavy atom. The first kappa shape index (κ1) is 45.8. The first-order chi connectivity index (χ1) is 31.8. The fourth-order valence-corrected chi connectivity index (χ4v) is 14.0. The first-order valence-electron chi connectivity index (χ1n) is 21.2. The lowest BCUT2D eigenvalue weighted by Crippen LogP contribution is -2.07. The standard InChI is InChI=1S/C52H42Cl2N2O6S4/c1-7-61-49(59)39-37-43(55-23-27(3)21-29(5)41(39)55)51(65-47(37)45(57)31-13-17-35(53)18-14-31)63-25-33-11-9-10-12-34(33)26-64-52-44-38(48(66-52)46(58)32-15-19-36(54)20-16-32)40(50(60)62-8-2)42-30(6)22-28(4)24-56(42)44/h9-24H,7-8,25-26H2,1-6H3. The lowest BCUT2D eigenvalue weighted by Gasteiger charge is -2.10. The summed E-state index contributed by atoms with van der Waals surface area (Å²) in [7, 11) is 0. The second-order valence-electron chi connectivity index (χ2n) is 15.9. The third kappa shape index (κ3) is 8.26. The van der Waals surface area contributed by atoms with Crippen molar-refractivity contribution >= 4 is 126 Å². The Morgan fingerprint density at radius 2 is 0.939 bits per heavy atom. The largest absolute Gasteiger partial charge is 0.462 e.